The zero-order chi connectivity index (χ0) is 12.3. The van der Waals surface area contributed by atoms with Crippen LogP contribution in [0.4, 0.5) is 0 Å². The van der Waals surface area contributed by atoms with Crippen LogP contribution in [0.1, 0.15) is 29.8 Å². The summed E-state index contributed by atoms with van der Waals surface area (Å²) in [7, 11) is 0. The van der Waals surface area contributed by atoms with Gasteiger partial charge in [0, 0.05) is 19.2 Å². The Bertz CT molecular complexity index is 463. The number of hydrogen-bond donors (Lipinski definition) is 1. The maximum atomic E-state index is 11.5. The molecule has 0 bridgehead atoms. The summed E-state index contributed by atoms with van der Waals surface area (Å²) in [5, 5.41) is 12.6. The molecule has 6 nitrogen and oxygen atoms in total. The van der Waals surface area contributed by atoms with E-state index in [1.165, 1.54) is 16.8 Å². The summed E-state index contributed by atoms with van der Waals surface area (Å²) in [5.41, 5.74) is -0.398. The zero-order valence-electron chi connectivity index (χ0n) is 9.33. The first-order valence-corrected chi connectivity index (χ1v) is 5.60. The fraction of sp³-hybridized carbons (Fsp3) is 0.545. The van der Waals surface area contributed by atoms with E-state index in [1.54, 1.807) is 0 Å². The van der Waals surface area contributed by atoms with E-state index in [2.05, 4.69) is 5.10 Å². The van der Waals surface area contributed by atoms with E-state index in [4.69, 9.17) is 9.84 Å². The molecule has 1 aromatic heterocycles. The lowest BCUT2D eigenvalue weighted by molar-refractivity contribution is 0.0686. The number of aromatic nitrogens is 2. The predicted octanol–water partition coefficient (Wildman–Crippen LogP) is 0.511. The van der Waals surface area contributed by atoms with Gasteiger partial charge in [-0.25, -0.2) is 9.48 Å². The molecule has 1 saturated heterocycles. The van der Waals surface area contributed by atoms with Crippen molar-refractivity contribution in [2.45, 2.75) is 31.9 Å². The first kappa shape index (κ1) is 11.8. The number of carboxylic acid groups (broad SMARTS) is 1. The van der Waals surface area contributed by atoms with E-state index in [-0.39, 0.29) is 17.4 Å². The van der Waals surface area contributed by atoms with Crippen LogP contribution in [0.5, 0.6) is 0 Å². The molecule has 1 aliphatic heterocycles. The number of carboxylic acids is 1. The smallest absolute Gasteiger partial charge is 0.356 e. The van der Waals surface area contributed by atoms with E-state index in [0.717, 1.165) is 19.4 Å². The number of aryl methyl sites for hydroxylation is 1. The van der Waals surface area contributed by atoms with E-state index in [0.29, 0.717) is 13.0 Å². The quantitative estimate of drug-likeness (QED) is 0.826. The third-order valence-electron chi connectivity index (χ3n) is 2.77. The number of ether oxygens (including phenoxy) is 1. The second-order valence-corrected chi connectivity index (χ2v) is 4.01. The van der Waals surface area contributed by atoms with Crippen LogP contribution in [-0.2, 0) is 11.3 Å². The first-order valence-electron chi connectivity index (χ1n) is 5.60. The maximum Gasteiger partial charge on any atom is 0.356 e. The normalized spacial score (nSPS) is 19.4. The van der Waals surface area contributed by atoms with Crippen molar-refractivity contribution in [2.24, 2.45) is 0 Å². The molecule has 1 aliphatic rings. The lowest BCUT2D eigenvalue weighted by Crippen LogP contribution is -2.26. The minimum Gasteiger partial charge on any atom is -0.476 e. The number of rotatable bonds is 4. The summed E-state index contributed by atoms with van der Waals surface area (Å²) in [6.07, 6.45) is 2.89. The van der Waals surface area contributed by atoms with Crippen LogP contribution in [-0.4, -0.2) is 33.6 Å². The van der Waals surface area contributed by atoms with Gasteiger partial charge in [0.2, 0.25) is 0 Å². The molecule has 1 N–H and O–H groups in total. The molecule has 92 valence electrons. The van der Waals surface area contributed by atoms with E-state index < -0.39 is 5.97 Å². The molecule has 1 aromatic rings. The Kier molecular flexibility index (Phi) is 3.53. The highest BCUT2D eigenvalue weighted by Crippen LogP contribution is 2.15. The molecule has 0 spiro atoms. The van der Waals surface area contributed by atoms with Gasteiger partial charge in [0.1, 0.15) is 0 Å². The van der Waals surface area contributed by atoms with E-state index in [1.807, 2.05) is 0 Å². The average Bonchev–Trinajstić information content (AvgIpc) is 2.80. The highest BCUT2D eigenvalue weighted by Gasteiger charge is 2.16. The lowest BCUT2D eigenvalue weighted by atomic mass is 10.2. The predicted molar refractivity (Wildman–Crippen MR) is 59.0 cm³/mol. The van der Waals surface area contributed by atoms with Crippen LogP contribution in [0.25, 0.3) is 0 Å². The van der Waals surface area contributed by atoms with Crippen LogP contribution in [0.3, 0.4) is 0 Å². The molecule has 0 aliphatic carbocycles. The Morgan fingerprint density at radius 1 is 1.59 bits per heavy atom. The maximum absolute atomic E-state index is 11.5. The zero-order valence-corrected chi connectivity index (χ0v) is 9.33. The Balaban J connectivity index is 2.05. The number of hydrogen-bond acceptors (Lipinski definition) is 4. The molecule has 2 heterocycles. The third kappa shape index (κ3) is 2.91. The molecule has 1 atom stereocenters. The standard InChI is InChI=1S/C11H14N2O4/c14-10-4-3-9(11(15)16)12-13(10)6-5-8-2-1-7-17-8/h3-4,8H,1-2,5-7H2,(H,15,16). The monoisotopic (exact) mass is 238 g/mol. The summed E-state index contributed by atoms with van der Waals surface area (Å²) in [6, 6.07) is 2.44. The van der Waals surface area contributed by atoms with Crippen LogP contribution in [0.15, 0.2) is 16.9 Å². The second-order valence-electron chi connectivity index (χ2n) is 4.01. The van der Waals surface area contributed by atoms with Crippen molar-refractivity contribution in [1.82, 2.24) is 9.78 Å². The van der Waals surface area contributed by atoms with Gasteiger partial charge in [-0.2, -0.15) is 5.10 Å². The fourth-order valence-electron chi connectivity index (χ4n) is 1.86. The summed E-state index contributed by atoms with van der Waals surface area (Å²) in [6.45, 7) is 1.16. The van der Waals surface area contributed by atoms with Crippen molar-refractivity contribution >= 4 is 5.97 Å². The minimum atomic E-state index is -1.13. The van der Waals surface area contributed by atoms with Gasteiger partial charge in [-0.05, 0) is 25.3 Å². The third-order valence-corrected chi connectivity index (χ3v) is 2.77. The van der Waals surface area contributed by atoms with Gasteiger partial charge in [0.25, 0.3) is 5.56 Å². The minimum absolute atomic E-state index is 0.114. The van der Waals surface area contributed by atoms with Gasteiger partial charge in [-0.1, -0.05) is 0 Å². The van der Waals surface area contributed by atoms with E-state index >= 15 is 0 Å². The highest BCUT2D eigenvalue weighted by atomic mass is 16.5. The molecule has 6 heteroatoms. The van der Waals surface area contributed by atoms with Gasteiger partial charge < -0.3 is 9.84 Å². The molecular weight excluding hydrogens is 224 g/mol. The van der Waals surface area contributed by atoms with Crippen molar-refractivity contribution in [1.29, 1.82) is 0 Å². The molecule has 1 unspecified atom stereocenters. The van der Waals surface area contributed by atoms with Crippen molar-refractivity contribution in [3.05, 3.63) is 28.2 Å². The Labute approximate surface area is 97.8 Å². The van der Waals surface area contributed by atoms with Crippen LogP contribution < -0.4 is 5.56 Å². The van der Waals surface area contributed by atoms with Crippen molar-refractivity contribution in [2.75, 3.05) is 6.61 Å². The van der Waals surface area contributed by atoms with Crippen molar-refractivity contribution in [3.63, 3.8) is 0 Å². The van der Waals surface area contributed by atoms with Crippen LogP contribution >= 0.6 is 0 Å². The molecule has 0 aromatic carbocycles. The SMILES string of the molecule is O=C(O)c1ccc(=O)n(CCC2CCCO2)n1. The molecular formula is C11H14N2O4. The van der Waals surface area contributed by atoms with Gasteiger partial charge in [-0.3, -0.25) is 4.79 Å². The van der Waals surface area contributed by atoms with Crippen molar-refractivity contribution in [3.8, 4) is 0 Å². The molecule has 0 saturated carbocycles. The summed E-state index contributed by atoms with van der Waals surface area (Å²) < 4.78 is 6.62. The molecule has 0 amide bonds. The molecule has 17 heavy (non-hydrogen) atoms. The number of carbonyl (C=O) groups is 1. The largest absolute Gasteiger partial charge is 0.476 e. The molecule has 2 rings (SSSR count). The van der Waals surface area contributed by atoms with Crippen LogP contribution in [0, 0.1) is 0 Å². The van der Waals surface area contributed by atoms with Gasteiger partial charge >= 0.3 is 5.97 Å². The van der Waals surface area contributed by atoms with Gasteiger partial charge in [-0.15, -0.1) is 0 Å². The Morgan fingerprint density at radius 2 is 2.41 bits per heavy atom. The van der Waals surface area contributed by atoms with Gasteiger partial charge in [0.05, 0.1) is 6.10 Å². The summed E-state index contributed by atoms with van der Waals surface area (Å²) in [5.74, 6) is -1.13. The topological polar surface area (TPSA) is 81.4 Å². The number of aromatic carboxylic acids is 1. The summed E-state index contributed by atoms with van der Waals surface area (Å²) in [4.78, 5) is 22.2. The lowest BCUT2D eigenvalue weighted by Gasteiger charge is -2.09. The highest BCUT2D eigenvalue weighted by molar-refractivity contribution is 5.84. The Hall–Kier alpha value is -1.69. The molecule has 0 radical (unpaired) electrons. The Morgan fingerprint density at radius 3 is 3.06 bits per heavy atom. The summed E-state index contributed by atoms with van der Waals surface area (Å²) >= 11 is 0. The van der Waals surface area contributed by atoms with E-state index in [9.17, 15) is 9.59 Å². The number of nitrogens with zero attached hydrogens (tertiary/aromatic N) is 2. The second kappa shape index (κ2) is 5.09. The average molecular weight is 238 g/mol. The van der Waals surface area contributed by atoms with Gasteiger partial charge in [0.15, 0.2) is 5.69 Å². The molecule has 1 fully saturated rings. The van der Waals surface area contributed by atoms with Crippen LogP contribution in [0.2, 0.25) is 0 Å². The van der Waals surface area contributed by atoms with Crippen molar-refractivity contribution < 1.29 is 14.6 Å². The fourth-order valence-corrected chi connectivity index (χ4v) is 1.86. The first-order chi connectivity index (χ1) is 8.16.